The molecule has 2 aromatic rings. The smallest absolute Gasteiger partial charge is 0.0992 e. The second-order valence-corrected chi connectivity index (χ2v) is 4.63. The van der Waals surface area contributed by atoms with Crippen molar-refractivity contribution in [3.8, 4) is 6.07 Å². The van der Waals surface area contributed by atoms with E-state index >= 15 is 0 Å². The number of fused-ring (bicyclic) bond motifs is 2. The molecule has 0 unspecified atom stereocenters. The normalized spacial score (nSPS) is 11.2. The van der Waals surface area contributed by atoms with Crippen LogP contribution in [-0.2, 0) is 0 Å². The number of nitrogens with zero attached hydrogens (tertiary/aromatic N) is 1. The predicted octanol–water partition coefficient (Wildman–Crippen LogP) is 4.19. The van der Waals surface area contributed by atoms with Gasteiger partial charge in [-0.1, -0.05) is 23.9 Å². The summed E-state index contributed by atoms with van der Waals surface area (Å²) in [6.07, 6.45) is 0. The first-order valence-electron chi connectivity index (χ1n) is 4.95. The fourth-order valence-electron chi connectivity index (χ4n) is 1.71. The van der Waals surface area contributed by atoms with Gasteiger partial charge in [0.1, 0.15) is 0 Å². The van der Waals surface area contributed by atoms with Crippen LogP contribution < -0.4 is 5.32 Å². The van der Waals surface area contributed by atoms with Gasteiger partial charge in [0.05, 0.1) is 23.0 Å². The van der Waals surface area contributed by atoms with E-state index in [1.54, 1.807) is 11.8 Å². The minimum atomic E-state index is 0. The maximum Gasteiger partial charge on any atom is 0.0992 e. The molecule has 1 aliphatic rings. The van der Waals surface area contributed by atoms with E-state index < -0.39 is 0 Å². The van der Waals surface area contributed by atoms with E-state index in [-0.39, 0.29) is 12.4 Å². The van der Waals surface area contributed by atoms with Crippen molar-refractivity contribution in [2.24, 2.45) is 0 Å². The molecule has 1 heterocycles. The molecule has 0 aliphatic carbocycles. The average molecular weight is 261 g/mol. The molecule has 0 fully saturated rings. The van der Waals surface area contributed by atoms with Crippen molar-refractivity contribution in [2.75, 3.05) is 5.32 Å². The molecule has 4 heteroatoms. The van der Waals surface area contributed by atoms with Crippen LogP contribution in [0.25, 0.3) is 0 Å². The zero-order valence-electron chi connectivity index (χ0n) is 8.81. The van der Waals surface area contributed by atoms with Crippen LogP contribution in [-0.4, -0.2) is 0 Å². The van der Waals surface area contributed by atoms with Crippen molar-refractivity contribution < 1.29 is 0 Å². The first kappa shape index (κ1) is 11.8. The molecule has 17 heavy (non-hydrogen) atoms. The van der Waals surface area contributed by atoms with Gasteiger partial charge in [0.25, 0.3) is 0 Å². The third kappa shape index (κ3) is 2.10. The molecule has 0 bridgehead atoms. The van der Waals surface area contributed by atoms with Crippen molar-refractivity contribution >= 4 is 35.5 Å². The lowest BCUT2D eigenvalue weighted by molar-refractivity contribution is 1.31. The zero-order valence-corrected chi connectivity index (χ0v) is 10.4. The van der Waals surface area contributed by atoms with Gasteiger partial charge in [-0.25, -0.2) is 0 Å². The summed E-state index contributed by atoms with van der Waals surface area (Å²) in [5, 5.41) is 12.2. The molecule has 0 saturated carbocycles. The van der Waals surface area contributed by atoms with Gasteiger partial charge in [0.2, 0.25) is 0 Å². The number of hydrogen-bond donors (Lipinski definition) is 1. The monoisotopic (exact) mass is 260 g/mol. The van der Waals surface area contributed by atoms with Gasteiger partial charge in [0.15, 0.2) is 0 Å². The van der Waals surface area contributed by atoms with Crippen LogP contribution in [0.4, 0.5) is 11.4 Å². The Balaban J connectivity index is 0.00000108. The van der Waals surface area contributed by atoms with E-state index in [4.69, 9.17) is 5.26 Å². The van der Waals surface area contributed by atoms with E-state index in [0.29, 0.717) is 5.56 Å². The Hall–Kier alpha value is -1.63. The highest BCUT2D eigenvalue weighted by Crippen LogP contribution is 2.43. The molecule has 0 radical (unpaired) electrons. The third-order valence-corrected chi connectivity index (χ3v) is 3.64. The van der Waals surface area contributed by atoms with Crippen LogP contribution in [0.5, 0.6) is 0 Å². The largest absolute Gasteiger partial charge is 0.354 e. The van der Waals surface area contributed by atoms with E-state index in [0.717, 1.165) is 16.3 Å². The summed E-state index contributed by atoms with van der Waals surface area (Å²) < 4.78 is 0. The summed E-state index contributed by atoms with van der Waals surface area (Å²) >= 11 is 1.73. The number of nitriles is 1. The van der Waals surface area contributed by atoms with Crippen LogP contribution >= 0.6 is 24.2 Å². The minimum Gasteiger partial charge on any atom is -0.354 e. The summed E-state index contributed by atoms with van der Waals surface area (Å²) in [6, 6.07) is 16.0. The second kappa shape index (κ2) is 4.70. The molecule has 84 valence electrons. The number of nitrogens with one attached hydrogen (secondary N) is 1. The molecule has 0 atom stereocenters. The van der Waals surface area contributed by atoms with Crippen molar-refractivity contribution in [3.63, 3.8) is 0 Å². The maximum atomic E-state index is 8.85. The molecular weight excluding hydrogens is 252 g/mol. The van der Waals surface area contributed by atoms with Crippen LogP contribution in [0.15, 0.2) is 52.3 Å². The Morgan fingerprint density at radius 2 is 1.76 bits per heavy atom. The van der Waals surface area contributed by atoms with Crippen molar-refractivity contribution in [1.82, 2.24) is 0 Å². The van der Waals surface area contributed by atoms with Gasteiger partial charge in [0, 0.05) is 9.79 Å². The van der Waals surface area contributed by atoms with Crippen molar-refractivity contribution in [3.05, 3.63) is 48.0 Å². The number of rotatable bonds is 0. The topological polar surface area (TPSA) is 35.8 Å². The Labute approximate surface area is 110 Å². The van der Waals surface area contributed by atoms with E-state index in [9.17, 15) is 0 Å². The van der Waals surface area contributed by atoms with Gasteiger partial charge in [-0.05, 0) is 30.3 Å². The van der Waals surface area contributed by atoms with Crippen molar-refractivity contribution in [1.29, 1.82) is 5.26 Å². The third-order valence-electron chi connectivity index (χ3n) is 2.48. The molecule has 0 amide bonds. The number of hydrogen-bond acceptors (Lipinski definition) is 3. The molecule has 0 spiro atoms. The standard InChI is InChI=1S/C13H8N2S.ClH/c14-8-9-5-6-13-11(7-9)15-10-3-1-2-4-12(10)16-13;/h1-7,15H;1H. The number of benzene rings is 2. The molecule has 0 aromatic heterocycles. The number of halogens is 1. The highest BCUT2D eigenvalue weighted by Gasteiger charge is 2.14. The van der Waals surface area contributed by atoms with Crippen LogP contribution in [0, 0.1) is 11.3 Å². The maximum absolute atomic E-state index is 8.85. The number of para-hydroxylation sites is 1. The van der Waals surface area contributed by atoms with Crippen LogP contribution in [0.3, 0.4) is 0 Å². The summed E-state index contributed by atoms with van der Waals surface area (Å²) in [5.74, 6) is 0. The Kier molecular flexibility index (Phi) is 3.28. The molecular formula is C13H9ClN2S. The highest BCUT2D eigenvalue weighted by atomic mass is 35.5. The molecule has 1 aliphatic heterocycles. The second-order valence-electron chi connectivity index (χ2n) is 3.55. The predicted molar refractivity (Wildman–Crippen MR) is 72.3 cm³/mol. The summed E-state index contributed by atoms with van der Waals surface area (Å²) in [7, 11) is 0. The first-order valence-corrected chi connectivity index (χ1v) is 5.76. The minimum absolute atomic E-state index is 0. The van der Waals surface area contributed by atoms with E-state index in [1.807, 2.05) is 36.4 Å². The van der Waals surface area contributed by atoms with E-state index in [2.05, 4.69) is 17.5 Å². The average Bonchev–Trinajstić information content (AvgIpc) is 2.35. The SMILES string of the molecule is Cl.N#Cc1ccc2c(c1)Nc1ccccc1S2. The summed E-state index contributed by atoms with van der Waals surface area (Å²) in [6.45, 7) is 0. The van der Waals surface area contributed by atoms with Crippen LogP contribution in [0.2, 0.25) is 0 Å². The van der Waals surface area contributed by atoms with Crippen LogP contribution in [0.1, 0.15) is 5.56 Å². The summed E-state index contributed by atoms with van der Waals surface area (Å²) in [4.78, 5) is 2.39. The first-order chi connectivity index (χ1) is 7.86. The van der Waals surface area contributed by atoms with Gasteiger partial charge in [-0.2, -0.15) is 5.26 Å². The Bertz CT molecular complexity index is 605. The van der Waals surface area contributed by atoms with Crippen molar-refractivity contribution in [2.45, 2.75) is 9.79 Å². The quantitative estimate of drug-likeness (QED) is 0.658. The fraction of sp³-hybridized carbons (Fsp3) is 0. The molecule has 2 aromatic carbocycles. The Morgan fingerprint density at radius 3 is 2.59 bits per heavy atom. The van der Waals surface area contributed by atoms with Gasteiger partial charge in [-0.15, -0.1) is 12.4 Å². The molecule has 1 N–H and O–H groups in total. The van der Waals surface area contributed by atoms with Gasteiger partial charge < -0.3 is 5.32 Å². The van der Waals surface area contributed by atoms with Gasteiger partial charge in [-0.3, -0.25) is 0 Å². The zero-order chi connectivity index (χ0) is 11.0. The fourth-order valence-corrected chi connectivity index (χ4v) is 2.68. The number of anilines is 2. The van der Waals surface area contributed by atoms with Gasteiger partial charge >= 0.3 is 0 Å². The van der Waals surface area contributed by atoms with E-state index in [1.165, 1.54) is 4.90 Å². The lowest BCUT2D eigenvalue weighted by Gasteiger charge is -2.20. The molecule has 3 rings (SSSR count). The highest BCUT2D eigenvalue weighted by molar-refractivity contribution is 7.99. The molecule has 2 nitrogen and oxygen atoms in total. The summed E-state index contributed by atoms with van der Waals surface area (Å²) in [5.41, 5.74) is 2.81. The Morgan fingerprint density at radius 1 is 1.00 bits per heavy atom. The lowest BCUT2D eigenvalue weighted by Crippen LogP contribution is -1.99. The molecule has 0 saturated heterocycles. The lowest BCUT2D eigenvalue weighted by atomic mass is 10.2.